The molecule has 5 heteroatoms. The lowest BCUT2D eigenvalue weighted by Crippen LogP contribution is -2.47. The standard InChI is InChI=1S/C8H14N4O/c1-11-3-5-12(6-4-11)8(13-2)10-7-9/h3-6H2,1-2H3. The van der Waals surface area contributed by atoms with Gasteiger partial charge < -0.3 is 14.5 Å². The molecule has 0 aromatic heterocycles. The molecule has 0 aromatic carbocycles. The molecule has 0 amide bonds. The maximum atomic E-state index is 8.40. The van der Waals surface area contributed by atoms with Crippen LogP contribution in [0.3, 0.4) is 0 Å². The molecule has 0 aliphatic carbocycles. The van der Waals surface area contributed by atoms with Gasteiger partial charge in [-0.2, -0.15) is 5.26 Å². The van der Waals surface area contributed by atoms with Crippen molar-refractivity contribution < 1.29 is 4.74 Å². The molecule has 0 N–H and O–H groups in total. The van der Waals surface area contributed by atoms with Gasteiger partial charge in [-0.1, -0.05) is 0 Å². The van der Waals surface area contributed by atoms with E-state index in [0.717, 1.165) is 26.2 Å². The van der Waals surface area contributed by atoms with Crippen LogP contribution in [0, 0.1) is 11.5 Å². The Labute approximate surface area is 78.2 Å². The van der Waals surface area contributed by atoms with Gasteiger partial charge in [0.15, 0.2) is 0 Å². The van der Waals surface area contributed by atoms with Crippen LogP contribution in [-0.2, 0) is 4.74 Å². The zero-order valence-electron chi connectivity index (χ0n) is 8.03. The molecule has 0 radical (unpaired) electrons. The van der Waals surface area contributed by atoms with E-state index in [0.29, 0.717) is 6.02 Å². The van der Waals surface area contributed by atoms with E-state index in [1.54, 1.807) is 6.19 Å². The maximum Gasteiger partial charge on any atom is 0.302 e. The van der Waals surface area contributed by atoms with E-state index in [-0.39, 0.29) is 0 Å². The molecular weight excluding hydrogens is 168 g/mol. The minimum atomic E-state index is 0.426. The van der Waals surface area contributed by atoms with Gasteiger partial charge in [-0.15, -0.1) is 4.99 Å². The minimum absolute atomic E-state index is 0.426. The van der Waals surface area contributed by atoms with Crippen LogP contribution in [0.4, 0.5) is 0 Å². The molecule has 1 aliphatic heterocycles. The summed E-state index contributed by atoms with van der Waals surface area (Å²) in [5.74, 6) is 0. The number of hydrogen-bond acceptors (Lipinski definition) is 4. The Balaban J connectivity index is 2.52. The lowest BCUT2D eigenvalue weighted by atomic mass is 10.3. The molecule has 0 spiro atoms. The highest BCUT2D eigenvalue weighted by Gasteiger charge is 2.17. The second kappa shape index (κ2) is 4.67. The van der Waals surface area contributed by atoms with Crippen molar-refractivity contribution in [1.29, 1.82) is 5.26 Å². The van der Waals surface area contributed by atoms with E-state index in [2.05, 4.69) is 16.9 Å². The Morgan fingerprint density at radius 2 is 2.00 bits per heavy atom. The number of aliphatic imine (C=N–C) groups is 1. The van der Waals surface area contributed by atoms with Crippen LogP contribution in [0.15, 0.2) is 4.99 Å². The molecule has 0 unspecified atom stereocenters. The highest BCUT2D eigenvalue weighted by Crippen LogP contribution is 2.00. The average molecular weight is 182 g/mol. The second-order valence-electron chi connectivity index (χ2n) is 2.99. The van der Waals surface area contributed by atoms with Gasteiger partial charge in [0.25, 0.3) is 0 Å². The van der Waals surface area contributed by atoms with Gasteiger partial charge in [-0.05, 0) is 7.05 Å². The van der Waals surface area contributed by atoms with Crippen LogP contribution >= 0.6 is 0 Å². The van der Waals surface area contributed by atoms with Crippen LogP contribution in [0.25, 0.3) is 0 Å². The Morgan fingerprint density at radius 1 is 1.38 bits per heavy atom. The fourth-order valence-corrected chi connectivity index (χ4v) is 1.29. The molecule has 1 saturated heterocycles. The van der Waals surface area contributed by atoms with Gasteiger partial charge in [-0.25, -0.2) is 0 Å². The third-order valence-electron chi connectivity index (χ3n) is 2.10. The predicted molar refractivity (Wildman–Crippen MR) is 49.1 cm³/mol. The molecule has 1 fully saturated rings. The summed E-state index contributed by atoms with van der Waals surface area (Å²) >= 11 is 0. The number of hydrogen-bond donors (Lipinski definition) is 0. The van der Waals surface area contributed by atoms with Crippen molar-refractivity contribution in [1.82, 2.24) is 9.80 Å². The summed E-state index contributed by atoms with van der Waals surface area (Å²) in [5.41, 5.74) is 0. The molecule has 13 heavy (non-hydrogen) atoms. The van der Waals surface area contributed by atoms with Crippen molar-refractivity contribution in [2.45, 2.75) is 0 Å². The quantitative estimate of drug-likeness (QED) is 0.294. The minimum Gasteiger partial charge on any atom is -0.468 e. The van der Waals surface area contributed by atoms with Gasteiger partial charge >= 0.3 is 6.02 Å². The molecule has 1 heterocycles. The summed E-state index contributed by atoms with van der Waals surface area (Å²) in [6, 6.07) is 0.426. The summed E-state index contributed by atoms with van der Waals surface area (Å²) in [6.45, 7) is 3.69. The van der Waals surface area contributed by atoms with Crippen molar-refractivity contribution in [3.8, 4) is 6.19 Å². The fraction of sp³-hybridized carbons (Fsp3) is 0.750. The molecule has 1 rings (SSSR count). The summed E-state index contributed by atoms with van der Waals surface area (Å²) in [4.78, 5) is 7.81. The highest BCUT2D eigenvalue weighted by molar-refractivity contribution is 5.74. The number of nitrogens with zero attached hydrogens (tertiary/aromatic N) is 4. The number of piperazine rings is 1. The first-order chi connectivity index (χ1) is 6.27. The molecule has 0 saturated carbocycles. The van der Waals surface area contributed by atoms with E-state index in [1.165, 1.54) is 7.11 Å². The summed E-state index contributed by atoms with van der Waals surface area (Å²) < 4.78 is 5.00. The van der Waals surface area contributed by atoms with Gasteiger partial charge in [0.2, 0.25) is 6.19 Å². The maximum absolute atomic E-state index is 8.40. The molecule has 0 bridgehead atoms. The monoisotopic (exact) mass is 182 g/mol. The Bertz CT molecular complexity index is 225. The van der Waals surface area contributed by atoms with E-state index in [9.17, 15) is 0 Å². The number of ether oxygens (including phenoxy) is 1. The Morgan fingerprint density at radius 3 is 2.46 bits per heavy atom. The van der Waals surface area contributed by atoms with E-state index in [1.807, 2.05) is 4.90 Å². The second-order valence-corrected chi connectivity index (χ2v) is 2.99. The number of likely N-dealkylation sites (N-methyl/N-ethyl adjacent to an activating group) is 1. The molecular formula is C8H14N4O. The number of amidine groups is 1. The van der Waals surface area contributed by atoms with Gasteiger partial charge in [0.1, 0.15) is 0 Å². The van der Waals surface area contributed by atoms with E-state index in [4.69, 9.17) is 10.00 Å². The van der Waals surface area contributed by atoms with Crippen molar-refractivity contribution in [3.63, 3.8) is 0 Å². The Hall–Kier alpha value is -1.28. The lowest BCUT2D eigenvalue weighted by Gasteiger charge is -2.32. The molecule has 0 atom stereocenters. The van der Waals surface area contributed by atoms with Crippen LogP contribution in [-0.4, -0.2) is 56.2 Å². The largest absolute Gasteiger partial charge is 0.468 e. The van der Waals surface area contributed by atoms with Gasteiger partial charge in [0.05, 0.1) is 7.11 Å². The van der Waals surface area contributed by atoms with Crippen LogP contribution in [0.5, 0.6) is 0 Å². The van der Waals surface area contributed by atoms with Crippen LogP contribution in [0.2, 0.25) is 0 Å². The normalized spacial score (nSPS) is 19.8. The molecule has 1 aliphatic rings. The van der Waals surface area contributed by atoms with Crippen molar-refractivity contribution >= 4 is 6.02 Å². The summed E-state index contributed by atoms with van der Waals surface area (Å²) in [7, 11) is 3.61. The molecule has 0 aromatic rings. The van der Waals surface area contributed by atoms with Gasteiger partial charge in [0, 0.05) is 26.2 Å². The smallest absolute Gasteiger partial charge is 0.302 e. The van der Waals surface area contributed by atoms with Crippen molar-refractivity contribution in [2.75, 3.05) is 40.3 Å². The van der Waals surface area contributed by atoms with E-state index < -0.39 is 0 Å². The summed E-state index contributed by atoms with van der Waals surface area (Å²) in [5, 5.41) is 8.40. The lowest BCUT2D eigenvalue weighted by molar-refractivity contribution is 0.183. The topological polar surface area (TPSA) is 51.9 Å². The van der Waals surface area contributed by atoms with Gasteiger partial charge in [-0.3, -0.25) is 0 Å². The molecule has 5 nitrogen and oxygen atoms in total. The number of rotatable bonds is 0. The Kier molecular flexibility index (Phi) is 3.53. The third kappa shape index (κ3) is 2.60. The first kappa shape index (κ1) is 9.81. The van der Waals surface area contributed by atoms with E-state index >= 15 is 0 Å². The summed E-state index contributed by atoms with van der Waals surface area (Å²) in [6.07, 6.45) is 1.73. The first-order valence-electron chi connectivity index (χ1n) is 4.22. The first-order valence-corrected chi connectivity index (χ1v) is 4.22. The van der Waals surface area contributed by atoms with Crippen molar-refractivity contribution in [3.05, 3.63) is 0 Å². The third-order valence-corrected chi connectivity index (χ3v) is 2.10. The zero-order chi connectivity index (χ0) is 9.68. The predicted octanol–water partition coefficient (Wildman–Crippen LogP) is -0.283. The van der Waals surface area contributed by atoms with Crippen LogP contribution < -0.4 is 0 Å². The average Bonchev–Trinajstić information content (AvgIpc) is 2.16. The highest BCUT2D eigenvalue weighted by atomic mass is 16.5. The van der Waals surface area contributed by atoms with Crippen molar-refractivity contribution in [2.24, 2.45) is 4.99 Å². The SMILES string of the molecule is COC(=NC#N)N1CCN(C)CC1. The fourth-order valence-electron chi connectivity index (χ4n) is 1.29. The number of nitriles is 1. The number of methoxy groups -OCH3 is 1. The molecule has 72 valence electrons. The van der Waals surface area contributed by atoms with Crippen LogP contribution in [0.1, 0.15) is 0 Å². The zero-order valence-corrected chi connectivity index (χ0v) is 8.03.